The van der Waals surface area contributed by atoms with Crippen LogP contribution in [0.1, 0.15) is 58.8 Å². The number of Topliss-reactive ketones (excluding diaryl/α,β-unsaturated/α-hetero) is 1. The van der Waals surface area contributed by atoms with E-state index in [0.717, 1.165) is 58.0 Å². The van der Waals surface area contributed by atoms with E-state index in [2.05, 4.69) is 18.7 Å². The molecular formula is C16H29NO2. The van der Waals surface area contributed by atoms with Gasteiger partial charge >= 0.3 is 0 Å². The number of hydrogen-bond donors (Lipinski definition) is 1. The van der Waals surface area contributed by atoms with Gasteiger partial charge in [0.15, 0.2) is 0 Å². The summed E-state index contributed by atoms with van der Waals surface area (Å²) in [5, 5.41) is 10.4. The fourth-order valence-corrected chi connectivity index (χ4v) is 3.91. The third-order valence-electron chi connectivity index (χ3n) is 5.02. The highest BCUT2D eigenvalue weighted by molar-refractivity contribution is 5.87. The fraction of sp³-hybridized carbons (Fsp3) is 0.938. The number of carbonyl (C=O) groups is 1. The number of likely N-dealkylation sites (N-methyl/N-ethyl adjacent to an activating group) is 1. The summed E-state index contributed by atoms with van der Waals surface area (Å²) in [5.41, 5.74) is -0.643. The van der Waals surface area contributed by atoms with Gasteiger partial charge in [0.2, 0.25) is 0 Å². The van der Waals surface area contributed by atoms with Crippen LogP contribution in [0.5, 0.6) is 0 Å². The average molecular weight is 267 g/mol. The number of rotatable bonds is 4. The fourth-order valence-electron chi connectivity index (χ4n) is 3.91. The molecule has 1 atom stereocenters. The second-order valence-corrected chi connectivity index (χ2v) is 7.47. The first-order valence-electron chi connectivity index (χ1n) is 7.78. The molecule has 0 aliphatic heterocycles. The van der Waals surface area contributed by atoms with E-state index in [1.807, 2.05) is 7.05 Å². The van der Waals surface area contributed by atoms with Crippen LogP contribution in [0.15, 0.2) is 0 Å². The molecule has 2 rings (SSSR count). The lowest BCUT2D eigenvalue weighted by molar-refractivity contribution is -0.135. The molecule has 3 nitrogen and oxygen atoms in total. The molecule has 1 unspecified atom stereocenters. The lowest BCUT2D eigenvalue weighted by atomic mass is 9.71. The average Bonchev–Trinajstić information content (AvgIpc) is 2.71. The van der Waals surface area contributed by atoms with Crippen LogP contribution in [0.3, 0.4) is 0 Å². The minimum Gasteiger partial charge on any atom is -0.389 e. The largest absolute Gasteiger partial charge is 0.389 e. The van der Waals surface area contributed by atoms with Gasteiger partial charge in [-0.1, -0.05) is 33.1 Å². The lowest BCUT2D eigenvalue weighted by Gasteiger charge is -2.37. The van der Waals surface area contributed by atoms with Crippen LogP contribution in [-0.2, 0) is 4.79 Å². The van der Waals surface area contributed by atoms with Crippen LogP contribution >= 0.6 is 0 Å². The zero-order chi connectivity index (χ0) is 14.1. The molecular weight excluding hydrogens is 238 g/mol. The summed E-state index contributed by atoms with van der Waals surface area (Å²) in [6.45, 7) is 5.68. The van der Waals surface area contributed by atoms with Crippen molar-refractivity contribution in [2.24, 2.45) is 11.3 Å². The van der Waals surface area contributed by atoms with Crippen molar-refractivity contribution in [3.63, 3.8) is 0 Å². The molecule has 2 saturated carbocycles. The molecule has 1 N–H and O–H groups in total. The summed E-state index contributed by atoms with van der Waals surface area (Å²) in [6.07, 6.45) is 7.31. The summed E-state index contributed by atoms with van der Waals surface area (Å²) < 4.78 is 0. The van der Waals surface area contributed by atoms with Crippen molar-refractivity contribution in [3.8, 4) is 0 Å². The quantitative estimate of drug-likeness (QED) is 0.851. The van der Waals surface area contributed by atoms with Crippen molar-refractivity contribution >= 4 is 5.78 Å². The van der Waals surface area contributed by atoms with Gasteiger partial charge in [-0.2, -0.15) is 0 Å². The van der Waals surface area contributed by atoms with Gasteiger partial charge in [0.25, 0.3) is 0 Å². The number of ketones is 1. The Bertz CT molecular complexity index is 332. The Morgan fingerprint density at radius 1 is 1.21 bits per heavy atom. The molecule has 0 aromatic carbocycles. The summed E-state index contributed by atoms with van der Waals surface area (Å²) in [7, 11) is 2.05. The topological polar surface area (TPSA) is 40.5 Å². The molecule has 0 aromatic rings. The van der Waals surface area contributed by atoms with E-state index >= 15 is 0 Å². The van der Waals surface area contributed by atoms with Crippen molar-refractivity contribution in [1.82, 2.24) is 4.90 Å². The van der Waals surface area contributed by atoms with E-state index in [0.29, 0.717) is 5.78 Å². The summed E-state index contributed by atoms with van der Waals surface area (Å²) in [4.78, 5) is 14.6. The van der Waals surface area contributed by atoms with Gasteiger partial charge in [0, 0.05) is 24.4 Å². The Morgan fingerprint density at radius 2 is 1.84 bits per heavy atom. The van der Waals surface area contributed by atoms with Crippen molar-refractivity contribution in [1.29, 1.82) is 0 Å². The summed E-state index contributed by atoms with van der Waals surface area (Å²) in [5.74, 6) is 0.586. The Morgan fingerprint density at radius 3 is 2.47 bits per heavy atom. The standard InChI is InChI=1S/C16H29NO2/c1-15(2)8-6-7-13(14(15)18)11-17(3)12-16(19)9-4-5-10-16/h13,19H,4-12H2,1-3H3. The number of hydrogen-bond acceptors (Lipinski definition) is 3. The van der Waals surface area contributed by atoms with E-state index < -0.39 is 5.60 Å². The highest BCUT2D eigenvalue weighted by atomic mass is 16.3. The molecule has 0 spiro atoms. The van der Waals surface area contributed by atoms with Gasteiger partial charge in [-0.15, -0.1) is 0 Å². The minimum absolute atomic E-state index is 0.145. The molecule has 2 aliphatic carbocycles. The Hall–Kier alpha value is -0.410. The number of carbonyl (C=O) groups excluding carboxylic acids is 1. The second-order valence-electron chi connectivity index (χ2n) is 7.47. The molecule has 3 heteroatoms. The summed E-state index contributed by atoms with van der Waals surface area (Å²) in [6, 6.07) is 0. The van der Waals surface area contributed by atoms with Gasteiger partial charge in [-0.25, -0.2) is 0 Å². The number of aliphatic hydroxyl groups is 1. The highest BCUT2D eigenvalue weighted by Gasteiger charge is 2.38. The van der Waals surface area contributed by atoms with Gasteiger partial charge in [0.1, 0.15) is 5.78 Å². The minimum atomic E-state index is -0.498. The molecule has 0 bridgehead atoms. The van der Waals surface area contributed by atoms with Gasteiger partial charge in [-0.05, 0) is 32.7 Å². The first-order valence-corrected chi connectivity index (χ1v) is 7.78. The predicted molar refractivity (Wildman–Crippen MR) is 77.0 cm³/mol. The van der Waals surface area contributed by atoms with Crippen LogP contribution in [0.2, 0.25) is 0 Å². The SMILES string of the molecule is CN(CC1CCCC(C)(C)C1=O)CC1(O)CCCC1. The van der Waals surface area contributed by atoms with E-state index in [-0.39, 0.29) is 11.3 Å². The first kappa shape index (κ1) is 15.0. The normalized spacial score (nSPS) is 29.9. The van der Waals surface area contributed by atoms with Crippen molar-refractivity contribution in [3.05, 3.63) is 0 Å². The van der Waals surface area contributed by atoms with Crippen molar-refractivity contribution < 1.29 is 9.90 Å². The molecule has 0 saturated heterocycles. The predicted octanol–water partition coefficient (Wildman–Crippen LogP) is 2.62. The van der Waals surface area contributed by atoms with E-state index in [1.54, 1.807) is 0 Å². The van der Waals surface area contributed by atoms with Gasteiger partial charge in [-0.3, -0.25) is 4.79 Å². The third kappa shape index (κ3) is 3.57. The van der Waals surface area contributed by atoms with Gasteiger partial charge < -0.3 is 10.0 Å². The Kier molecular flexibility index (Phi) is 4.36. The Balaban J connectivity index is 1.88. The van der Waals surface area contributed by atoms with Crippen LogP contribution in [-0.4, -0.2) is 41.5 Å². The molecule has 0 aromatic heterocycles. The smallest absolute Gasteiger partial charge is 0.142 e. The maximum atomic E-state index is 12.4. The molecule has 110 valence electrons. The van der Waals surface area contributed by atoms with Crippen molar-refractivity contribution in [2.75, 3.05) is 20.1 Å². The monoisotopic (exact) mass is 267 g/mol. The third-order valence-corrected chi connectivity index (χ3v) is 5.02. The second kappa shape index (κ2) is 5.53. The molecule has 19 heavy (non-hydrogen) atoms. The van der Waals surface area contributed by atoms with Crippen LogP contribution < -0.4 is 0 Å². The van der Waals surface area contributed by atoms with E-state index in [4.69, 9.17) is 0 Å². The first-order chi connectivity index (χ1) is 8.82. The zero-order valence-corrected chi connectivity index (χ0v) is 12.7. The van der Waals surface area contributed by atoms with Crippen LogP contribution in [0.4, 0.5) is 0 Å². The van der Waals surface area contributed by atoms with E-state index in [9.17, 15) is 9.90 Å². The Labute approximate surface area is 117 Å². The molecule has 0 amide bonds. The van der Waals surface area contributed by atoms with Crippen LogP contribution in [0, 0.1) is 11.3 Å². The lowest BCUT2D eigenvalue weighted by Crippen LogP contribution is -2.45. The zero-order valence-electron chi connectivity index (χ0n) is 12.7. The molecule has 2 aliphatic rings. The maximum absolute atomic E-state index is 12.4. The highest BCUT2D eigenvalue weighted by Crippen LogP contribution is 2.36. The van der Waals surface area contributed by atoms with Gasteiger partial charge in [0.05, 0.1) is 5.60 Å². The molecule has 0 radical (unpaired) electrons. The summed E-state index contributed by atoms with van der Waals surface area (Å²) >= 11 is 0. The maximum Gasteiger partial charge on any atom is 0.142 e. The molecule has 2 fully saturated rings. The van der Waals surface area contributed by atoms with E-state index in [1.165, 1.54) is 0 Å². The number of nitrogens with zero attached hydrogens (tertiary/aromatic N) is 1. The van der Waals surface area contributed by atoms with Crippen LogP contribution in [0.25, 0.3) is 0 Å². The molecule has 0 heterocycles. The van der Waals surface area contributed by atoms with Crippen molar-refractivity contribution in [2.45, 2.75) is 64.4 Å².